The van der Waals surface area contributed by atoms with Crippen LogP contribution in [0.1, 0.15) is 24.3 Å². The largest absolute Gasteiger partial charge is 0.345 e. The lowest BCUT2D eigenvalue weighted by Gasteiger charge is -2.18. The molecule has 22 heavy (non-hydrogen) atoms. The first-order chi connectivity index (χ1) is 10.6. The van der Waals surface area contributed by atoms with Gasteiger partial charge in [0.25, 0.3) is 5.91 Å². The number of para-hydroxylation sites is 1. The van der Waals surface area contributed by atoms with Gasteiger partial charge in [0.05, 0.1) is 22.9 Å². The summed E-state index contributed by atoms with van der Waals surface area (Å²) in [6.07, 6.45) is 1.57. The molecule has 1 aromatic carbocycles. The Morgan fingerprint density at radius 2 is 1.95 bits per heavy atom. The third-order valence-electron chi connectivity index (χ3n) is 3.74. The van der Waals surface area contributed by atoms with Gasteiger partial charge >= 0.3 is 0 Å². The quantitative estimate of drug-likeness (QED) is 0.782. The fraction of sp³-hybridized carbons (Fsp3) is 0.357. The van der Waals surface area contributed by atoms with Crippen molar-refractivity contribution in [1.29, 1.82) is 0 Å². The number of aromatic nitrogens is 3. The Morgan fingerprint density at radius 1 is 1.27 bits per heavy atom. The van der Waals surface area contributed by atoms with Crippen LogP contribution >= 0.6 is 11.6 Å². The van der Waals surface area contributed by atoms with E-state index < -0.39 is 0 Å². The summed E-state index contributed by atoms with van der Waals surface area (Å²) >= 11 is 6.12. The lowest BCUT2D eigenvalue weighted by molar-refractivity contribution is 0.0926. The van der Waals surface area contributed by atoms with Crippen LogP contribution in [0.4, 0.5) is 0 Å². The van der Waals surface area contributed by atoms with Gasteiger partial charge in [0, 0.05) is 12.1 Å². The standard InChI is InChI=1S/C14H17ClN6O/c1-8-13(9(2)18-17-8)16-14(22)11-7-21(20-19-11)12-6-4-3-5-10(12)15/h3-9,13,17-18H,1-2H3,(H,16,22). The van der Waals surface area contributed by atoms with Crippen LogP contribution in [-0.4, -0.2) is 39.0 Å². The number of hydrazine groups is 1. The van der Waals surface area contributed by atoms with Crippen molar-refractivity contribution in [1.82, 2.24) is 31.2 Å². The van der Waals surface area contributed by atoms with Crippen molar-refractivity contribution in [3.63, 3.8) is 0 Å². The Labute approximate surface area is 133 Å². The Bertz CT molecular complexity index is 677. The molecule has 1 saturated heterocycles. The average Bonchev–Trinajstić information content (AvgIpc) is 3.10. The molecule has 0 saturated carbocycles. The highest BCUT2D eigenvalue weighted by Gasteiger charge is 2.31. The smallest absolute Gasteiger partial charge is 0.273 e. The fourth-order valence-corrected chi connectivity index (χ4v) is 2.70. The van der Waals surface area contributed by atoms with Crippen molar-refractivity contribution in [3.8, 4) is 5.69 Å². The molecule has 1 aliphatic heterocycles. The summed E-state index contributed by atoms with van der Waals surface area (Å²) < 4.78 is 1.50. The van der Waals surface area contributed by atoms with Gasteiger partial charge in [0.1, 0.15) is 0 Å². The van der Waals surface area contributed by atoms with E-state index in [1.807, 2.05) is 32.0 Å². The maximum absolute atomic E-state index is 12.3. The van der Waals surface area contributed by atoms with Crippen LogP contribution in [0.2, 0.25) is 5.02 Å². The van der Waals surface area contributed by atoms with Crippen LogP contribution < -0.4 is 16.2 Å². The van der Waals surface area contributed by atoms with Crippen LogP contribution in [0, 0.1) is 0 Å². The molecule has 7 nitrogen and oxygen atoms in total. The maximum Gasteiger partial charge on any atom is 0.273 e. The third kappa shape index (κ3) is 2.83. The zero-order chi connectivity index (χ0) is 15.7. The summed E-state index contributed by atoms with van der Waals surface area (Å²) in [7, 11) is 0. The summed E-state index contributed by atoms with van der Waals surface area (Å²) in [5.41, 5.74) is 7.12. The number of hydrogen-bond acceptors (Lipinski definition) is 5. The van der Waals surface area contributed by atoms with Gasteiger partial charge in [-0.3, -0.25) is 15.6 Å². The molecule has 3 N–H and O–H groups in total. The highest BCUT2D eigenvalue weighted by molar-refractivity contribution is 6.32. The Balaban J connectivity index is 1.76. The van der Waals surface area contributed by atoms with Gasteiger partial charge in [-0.15, -0.1) is 5.10 Å². The van der Waals surface area contributed by atoms with Gasteiger partial charge in [0.15, 0.2) is 5.69 Å². The molecule has 2 aromatic rings. The van der Waals surface area contributed by atoms with Crippen LogP contribution in [-0.2, 0) is 0 Å². The predicted octanol–water partition coefficient (Wildman–Crippen LogP) is 0.904. The van der Waals surface area contributed by atoms with E-state index in [2.05, 4.69) is 26.5 Å². The average molecular weight is 321 g/mol. The summed E-state index contributed by atoms with van der Waals surface area (Å²) in [4.78, 5) is 12.3. The minimum absolute atomic E-state index is 0.0158. The molecule has 2 heterocycles. The van der Waals surface area contributed by atoms with Crippen molar-refractivity contribution < 1.29 is 4.79 Å². The maximum atomic E-state index is 12.3. The second kappa shape index (κ2) is 6.04. The van der Waals surface area contributed by atoms with E-state index >= 15 is 0 Å². The van der Waals surface area contributed by atoms with Gasteiger partial charge in [0.2, 0.25) is 0 Å². The second-order valence-corrected chi connectivity index (χ2v) is 5.77. The lowest BCUT2D eigenvalue weighted by Crippen LogP contribution is -2.46. The number of carbonyl (C=O) groups excluding carboxylic acids is 1. The van der Waals surface area contributed by atoms with Crippen LogP contribution in [0.5, 0.6) is 0 Å². The number of rotatable bonds is 3. The fourth-order valence-electron chi connectivity index (χ4n) is 2.47. The second-order valence-electron chi connectivity index (χ2n) is 5.37. The minimum atomic E-state index is -0.257. The zero-order valence-corrected chi connectivity index (χ0v) is 13.0. The highest BCUT2D eigenvalue weighted by atomic mass is 35.5. The summed E-state index contributed by atoms with van der Waals surface area (Å²) in [6.45, 7) is 4.00. The van der Waals surface area contributed by atoms with E-state index in [1.54, 1.807) is 12.3 Å². The number of amides is 1. The molecule has 2 atom stereocenters. The first-order valence-electron chi connectivity index (χ1n) is 7.05. The molecular weight excluding hydrogens is 304 g/mol. The van der Waals surface area contributed by atoms with Crippen LogP contribution in [0.25, 0.3) is 5.69 Å². The van der Waals surface area contributed by atoms with Crippen molar-refractivity contribution in [2.24, 2.45) is 0 Å². The monoisotopic (exact) mass is 320 g/mol. The SMILES string of the molecule is CC1NNC(C)C1NC(=O)c1cn(-c2ccccc2Cl)nn1. The van der Waals surface area contributed by atoms with Crippen LogP contribution in [0.15, 0.2) is 30.5 Å². The third-order valence-corrected chi connectivity index (χ3v) is 4.06. The van der Waals surface area contributed by atoms with Gasteiger partial charge in [-0.2, -0.15) is 0 Å². The molecular formula is C14H17ClN6O. The number of nitrogens with one attached hydrogen (secondary N) is 3. The molecule has 0 aliphatic carbocycles. The molecule has 2 unspecified atom stereocenters. The zero-order valence-electron chi connectivity index (χ0n) is 12.2. The molecule has 3 rings (SSSR count). The van der Waals surface area contributed by atoms with Crippen molar-refractivity contribution in [3.05, 3.63) is 41.2 Å². The molecule has 0 spiro atoms. The molecule has 1 amide bonds. The molecule has 0 radical (unpaired) electrons. The predicted molar refractivity (Wildman–Crippen MR) is 82.8 cm³/mol. The van der Waals surface area contributed by atoms with E-state index in [9.17, 15) is 4.79 Å². The van der Waals surface area contributed by atoms with E-state index in [0.29, 0.717) is 10.7 Å². The molecule has 116 valence electrons. The minimum Gasteiger partial charge on any atom is -0.345 e. The Morgan fingerprint density at radius 3 is 2.64 bits per heavy atom. The number of carbonyl (C=O) groups is 1. The molecule has 0 bridgehead atoms. The molecule has 1 aromatic heterocycles. The Kier molecular flexibility index (Phi) is 4.10. The molecule has 1 aliphatic rings. The van der Waals surface area contributed by atoms with E-state index in [-0.39, 0.29) is 29.7 Å². The van der Waals surface area contributed by atoms with E-state index in [0.717, 1.165) is 0 Å². The van der Waals surface area contributed by atoms with E-state index in [4.69, 9.17) is 11.6 Å². The van der Waals surface area contributed by atoms with Crippen molar-refractivity contribution >= 4 is 17.5 Å². The lowest BCUT2D eigenvalue weighted by atomic mass is 10.1. The van der Waals surface area contributed by atoms with Crippen LogP contribution in [0.3, 0.4) is 0 Å². The summed E-state index contributed by atoms with van der Waals surface area (Å²) in [6, 6.07) is 7.51. The first-order valence-corrected chi connectivity index (χ1v) is 7.43. The number of benzene rings is 1. The summed E-state index contributed by atoms with van der Waals surface area (Å²) in [5, 5.41) is 11.4. The molecule has 1 fully saturated rings. The summed E-state index contributed by atoms with van der Waals surface area (Å²) in [5.74, 6) is -0.257. The van der Waals surface area contributed by atoms with E-state index in [1.165, 1.54) is 4.68 Å². The van der Waals surface area contributed by atoms with Crippen molar-refractivity contribution in [2.75, 3.05) is 0 Å². The van der Waals surface area contributed by atoms with Crippen molar-refractivity contribution in [2.45, 2.75) is 32.0 Å². The Hall–Kier alpha value is -1.96. The number of halogens is 1. The normalized spacial score (nSPS) is 24.4. The topological polar surface area (TPSA) is 83.9 Å². The van der Waals surface area contributed by atoms with Gasteiger partial charge in [-0.25, -0.2) is 4.68 Å². The van der Waals surface area contributed by atoms with Gasteiger partial charge in [-0.05, 0) is 26.0 Å². The van der Waals surface area contributed by atoms with Gasteiger partial charge < -0.3 is 5.32 Å². The number of hydrogen-bond donors (Lipinski definition) is 3. The highest BCUT2D eigenvalue weighted by Crippen LogP contribution is 2.18. The molecule has 8 heteroatoms. The first kappa shape index (κ1) is 15.0. The number of nitrogens with zero attached hydrogens (tertiary/aromatic N) is 3. The van der Waals surface area contributed by atoms with Gasteiger partial charge in [-0.1, -0.05) is 28.9 Å².